The molecule has 1 amide bonds. The summed E-state index contributed by atoms with van der Waals surface area (Å²) in [6, 6.07) is 15.3. The molecule has 0 unspecified atom stereocenters. The molecule has 2 aromatic carbocycles. The second kappa shape index (κ2) is 7.51. The number of aromatic nitrogens is 2. The van der Waals surface area contributed by atoms with Gasteiger partial charge in [-0.3, -0.25) is 4.79 Å². The molecule has 0 aliphatic carbocycles. The van der Waals surface area contributed by atoms with E-state index in [1.165, 1.54) is 17.3 Å². The predicted octanol–water partition coefficient (Wildman–Crippen LogP) is 4.46. The van der Waals surface area contributed by atoms with Gasteiger partial charge in [0.05, 0.1) is 5.75 Å². The molecular formula is C19H16ClN3O2S. The van der Waals surface area contributed by atoms with Gasteiger partial charge in [-0.25, -0.2) is 0 Å². The molecule has 1 aromatic heterocycles. The van der Waals surface area contributed by atoms with Crippen molar-refractivity contribution in [1.82, 2.24) is 10.2 Å². The third-order valence-electron chi connectivity index (χ3n) is 4.21. The fourth-order valence-corrected chi connectivity index (χ4v) is 3.83. The van der Waals surface area contributed by atoms with Gasteiger partial charge in [-0.2, -0.15) is 0 Å². The third-order valence-corrected chi connectivity index (χ3v) is 5.25. The van der Waals surface area contributed by atoms with Crippen LogP contribution < -0.4 is 4.90 Å². The molecule has 1 aliphatic heterocycles. The zero-order valence-electron chi connectivity index (χ0n) is 13.9. The Morgan fingerprint density at radius 1 is 1.19 bits per heavy atom. The maximum atomic E-state index is 12.7. The third kappa shape index (κ3) is 3.61. The highest BCUT2D eigenvalue weighted by atomic mass is 35.5. The predicted molar refractivity (Wildman–Crippen MR) is 103 cm³/mol. The lowest BCUT2D eigenvalue weighted by Gasteiger charge is -2.29. The molecular weight excluding hydrogens is 370 g/mol. The summed E-state index contributed by atoms with van der Waals surface area (Å²) in [6.07, 6.45) is 1.99. The van der Waals surface area contributed by atoms with Crippen LogP contribution >= 0.6 is 23.4 Å². The molecule has 0 saturated heterocycles. The first-order chi connectivity index (χ1) is 12.7. The summed E-state index contributed by atoms with van der Waals surface area (Å²) in [5, 5.41) is 9.03. The Morgan fingerprint density at radius 3 is 2.96 bits per heavy atom. The lowest BCUT2D eigenvalue weighted by molar-refractivity contribution is -0.116. The Hall–Kier alpha value is -2.31. The molecule has 5 nitrogen and oxygen atoms in total. The van der Waals surface area contributed by atoms with Gasteiger partial charge in [-0.05, 0) is 42.7 Å². The highest BCUT2D eigenvalue weighted by Gasteiger charge is 2.22. The van der Waals surface area contributed by atoms with Gasteiger partial charge in [0.25, 0.3) is 5.22 Å². The molecule has 0 saturated carbocycles. The summed E-state index contributed by atoms with van der Waals surface area (Å²) in [5.41, 5.74) is 2.99. The first-order valence-corrected chi connectivity index (χ1v) is 9.67. The van der Waals surface area contributed by atoms with Crippen LogP contribution in [-0.4, -0.2) is 28.4 Å². The first kappa shape index (κ1) is 17.1. The van der Waals surface area contributed by atoms with Gasteiger partial charge < -0.3 is 9.32 Å². The number of hydrogen-bond acceptors (Lipinski definition) is 5. The van der Waals surface area contributed by atoms with Gasteiger partial charge >= 0.3 is 0 Å². The van der Waals surface area contributed by atoms with Crippen molar-refractivity contribution < 1.29 is 9.21 Å². The molecule has 0 fully saturated rings. The Bertz CT molecular complexity index is 944. The second-order valence-corrected chi connectivity index (χ2v) is 7.31. The summed E-state index contributed by atoms with van der Waals surface area (Å²) in [6.45, 7) is 0.744. The monoisotopic (exact) mass is 385 g/mol. The van der Waals surface area contributed by atoms with Crippen LogP contribution in [0.25, 0.3) is 11.5 Å². The number of thioether (sulfide) groups is 1. The zero-order valence-corrected chi connectivity index (χ0v) is 15.5. The molecule has 132 valence electrons. The van der Waals surface area contributed by atoms with Crippen LogP contribution in [0.1, 0.15) is 12.0 Å². The van der Waals surface area contributed by atoms with E-state index in [9.17, 15) is 4.79 Å². The van der Waals surface area contributed by atoms with Gasteiger partial charge in [0.15, 0.2) is 0 Å². The number of amides is 1. The molecule has 0 bridgehead atoms. The fourth-order valence-electron chi connectivity index (χ4n) is 3.00. The van der Waals surface area contributed by atoms with Gasteiger partial charge in [0.2, 0.25) is 11.8 Å². The van der Waals surface area contributed by atoms with E-state index in [2.05, 4.69) is 16.3 Å². The minimum atomic E-state index is 0.0460. The van der Waals surface area contributed by atoms with Crippen molar-refractivity contribution in [2.75, 3.05) is 17.2 Å². The lowest BCUT2D eigenvalue weighted by Crippen LogP contribution is -2.36. The number of nitrogens with zero attached hydrogens (tertiary/aromatic N) is 3. The van der Waals surface area contributed by atoms with Gasteiger partial charge in [-0.15, -0.1) is 10.2 Å². The summed E-state index contributed by atoms with van der Waals surface area (Å²) in [4.78, 5) is 14.5. The van der Waals surface area contributed by atoms with E-state index in [4.69, 9.17) is 16.0 Å². The maximum absolute atomic E-state index is 12.7. The Balaban J connectivity index is 1.43. The molecule has 0 atom stereocenters. The number of fused-ring (bicyclic) bond motifs is 1. The molecule has 4 rings (SSSR count). The number of rotatable bonds is 4. The quantitative estimate of drug-likeness (QED) is 0.620. The fraction of sp³-hybridized carbons (Fsp3) is 0.211. The molecule has 1 aliphatic rings. The highest BCUT2D eigenvalue weighted by molar-refractivity contribution is 7.99. The van der Waals surface area contributed by atoms with Crippen LogP contribution in [0, 0.1) is 0 Å². The Kier molecular flexibility index (Phi) is 4.95. The number of benzene rings is 2. The van der Waals surface area contributed by atoms with Crippen molar-refractivity contribution in [1.29, 1.82) is 0 Å². The minimum absolute atomic E-state index is 0.0460. The van der Waals surface area contributed by atoms with E-state index >= 15 is 0 Å². The van der Waals surface area contributed by atoms with E-state index in [1.807, 2.05) is 35.2 Å². The largest absolute Gasteiger partial charge is 0.411 e. The summed E-state index contributed by atoms with van der Waals surface area (Å²) in [5.74, 6) is 0.696. The van der Waals surface area contributed by atoms with Crippen LogP contribution in [0.3, 0.4) is 0 Å². The summed E-state index contributed by atoms with van der Waals surface area (Å²) < 4.78 is 5.64. The normalized spacial score (nSPS) is 13.5. The van der Waals surface area contributed by atoms with Crippen molar-refractivity contribution in [3.63, 3.8) is 0 Å². The number of halogens is 1. The van der Waals surface area contributed by atoms with Crippen molar-refractivity contribution in [2.24, 2.45) is 0 Å². The topological polar surface area (TPSA) is 59.2 Å². The average Bonchev–Trinajstić information content (AvgIpc) is 3.15. The molecule has 2 heterocycles. The van der Waals surface area contributed by atoms with E-state index in [1.54, 1.807) is 12.1 Å². The lowest BCUT2D eigenvalue weighted by atomic mass is 10.0. The number of hydrogen-bond donors (Lipinski definition) is 0. The van der Waals surface area contributed by atoms with Crippen LogP contribution in [0.2, 0.25) is 5.02 Å². The number of aryl methyl sites for hydroxylation is 1. The molecule has 0 spiro atoms. The van der Waals surface area contributed by atoms with Crippen LogP contribution in [-0.2, 0) is 11.2 Å². The smallest absolute Gasteiger partial charge is 0.277 e. The van der Waals surface area contributed by atoms with Crippen LogP contribution in [0.5, 0.6) is 0 Å². The van der Waals surface area contributed by atoms with Crippen molar-refractivity contribution >= 4 is 35.0 Å². The van der Waals surface area contributed by atoms with E-state index in [0.29, 0.717) is 16.1 Å². The summed E-state index contributed by atoms with van der Waals surface area (Å²) in [7, 11) is 0. The SMILES string of the molecule is O=C(CSc1nnc(-c2cccc(Cl)c2)o1)N1CCCc2ccccc21. The number of anilines is 1. The minimum Gasteiger partial charge on any atom is -0.411 e. The second-order valence-electron chi connectivity index (χ2n) is 5.95. The Labute approximate surface area is 160 Å². The maximum Gasteiger partial charge on any atom is 0.277 e. The highest BCUT2D eigenvalue weighted by Crippen LogP contribution is 2.29. The number of para-hydroxylation sites is 1. The van der Waals surface area contributed by atoms with Crippen LogP contribution in [0.4, 0.5) is 5.69 Å². The van der Waals surface area contributed by atoms with Crippen LogP contribution in [0.15, 0.2) is 58.2 Å². The van der Waals surface area contributed by atoms with Crippen molar-refractivity contribution in [2.45, 2.75) is 18.1 Å². The zero-order chi connectivity index (χ0) is 17.9. The molecule has 0 radical (unpaired) electrons. The molecule has 0 N–H and O–H groups in total. The van der Waals surface area contributed by atoms with Crippen molar-refractivity contribution in [3.8, 4) is 11.5 Å². The number of carbonyl (C=O) groups excluding carboxylic acids is 1. The average molecular weight is 386 g/mol. The van der Waals surface area contributed by atoms with Gasteiger partial charge in [-0.1, -0.05) is 47.6 Å². The molecule has 26 heavy (non-hydrogen) atoms. The summed E-state index contributed by atoms with van der Waals surface area (Å²) >= 11 is 7.24. The molecule has 3 aromatic rings. The van der Waals surface area contributed by atoms with E-state index < -0.39 is 0 Å². The first-order valence-electron chi connectivity index (χ1n) is 8.31. The van der Waals surface area contributed by atoms with E-state index in [-0.39, 0.29) is 11.7 Å². The van der Waals surface area contributed by atoms with E-state index in [0.717, 1.165) is 30.6 Å². The van der Waals surface area contributed by atoms with Gasteiger partial charge in [0, 0.05) is 22.8 Å². The standard InChI is InChI=1S/C19H16ClN3O2S/c20-15-8-3-6-14(11-15)18-21-22-19(25-18)26-12-17(24)23-10-4-7-13-5-1-2-9-16(13)23/h1-3,5-6,8-9,11H,4,7,10,12H2. The Morgan fingerprint density at radius 2 is 2.08 bits per heavy atom. The van der Waals surface area contributed by atoms with Crippen molar-refractivity contribution in [3.05, 3.63) is 59.1 Å². The molecule has 7 heteroatoms. The number of carbonyl (C=O) groups is 1. The van der Waals surface area contributed by atoms with Gasteiger partial charge in [0.1, 0.15) is 0 Å².